The molecule has 2 atom stereocenters. The lowest BCUT2D eigenvalue weighted by molar-refractivity contribution is -0.143. The summed E-state index contributed by atoms with van der Waals surface area (Å²) in [5.74, 6) is 1.16. The first kappa shape index (κ1) is 12.9. The van der Waals surface area contributed by atoms with E-state index >= 15 is 0 Å². The predicted molar refractivity (Wildman–Crippen MR) is 68.8 cm³/mol. The van der Waals surface area contributed by atoms with E-state index in [0.29, 0.717) is 5.92 Å². The average Bonchev–Trinajstić information content (AvgIpc) is 2.47. The molecule has 0 bridgehead atoms. The van der Waals surface area contributed by atoms with E-state index in [1.54, 1.807) is 7.11 Å². The van der Waals surface area contributed by atoms with Crippen LogP contribution in [0.3, 0.4) is 0 Å². The zero-order valence-corrected chi connectivity index (χ0v) is 10.8. The number of methoxy groups -OCH3 is 2. The van der Waals surface area contributed by atoms with E-state index in [-0.39, 0.29) is 12.0 Å². The van der Waals surface area contributed by atoms with Crippen molar-refractivity contribution in [2.75, 3.05) is 20.8 Å². The van der Waals surface area contributed by atoms with E-state index in [0.717, 1.165) is 25.1 Å². The lowest BCUT2D eigenvalue weighted by atomic mass is 9.89. The fourth-order valence-electron chi connectivity index (χ4n) is 2.36. The van der Waals surface area contributed by atoms with Crippen LogP contribution in [0.25, 0.3) is 0 Å². The Bertz CT molecular complexity index is 394. The van der Waals surface area contributed by atoms with Crippen molar-refractivity contribution in [1.82, 2.24) is 5.32 Å². The number of rotatable bonds is 3. The molecule has 0 aliphatic carbocycles. The summed E-state index contributed by atoms with van der Waals surface area (Å²) in [5, 5.41) is 3.24. The maximum Gasteiger partial charge on any atom is 0.322 e. The second-order valence-corrected chi connectivity index (χ2v) is 4.53. The molecule has 0 unspecified atom stereocenters. The largest absolute Gasteiger partial charge is 0.497 e. The number of ether oxygens (including phenoxy) is 2. The van der Waals surface area contributed by atoms with E-state index in [9.17, 15) is 4.79 Å². The molecule has 98 valence electrons. The van der Waals surface area contributed by atoms with Crippen molar-refractivity contribution in [3.8, 4) is 5.75 Å². The monoisotopic (exact) mass is 249 g/mol. The molecule has 0 spiro atoms. The summed E-state index contributed by atoms with van der Waals surface area (Å²) in [6, 6.07) is 7.97. The lowest BCUT2D eigenvalue weighted by Crippen LogP contribution is -2.43. The number of carbonyl (C=O) groups is 1. The molecular formula is C14H19NO3. The summed E-state index contributed by atoms with van der Waals surface area (Å²) < 4.78 is 9.89. The van der Waals surface area contributed by atoms with Crippen LogP contribution in [-0.4, -0.2) is 32.8 Å². The molecule has 1 aliphatic heterocycles. The summed E-state index contributed by atoms with van der Waals surface area (Å²) in [4.78, 5) is 11.4. The Morgan fingerprint density at radius 3 is 2.44 bits per heavy atom. The fourth-order valence-corrected chi connectivity index (χ4v) is 2.36. The first-order valence-corrected chi connectivity index (χ1v) is 6.19. The van der Waals surface area contributed by atoms with E-state index < -0.39 is 0 Å². The van der Waals surface area contributed by atoms with Crippen LogP contribution in [0.15, 0.2) is 24.3 Å². The van der Waals surface area contributed by atoms with E-state index in [4.69, 9.17) is 9.47 Å². The highest BCUT2D eigenvalue weighted by Crippen LogP contribution is 2.26. The molecule has 4 nitrogen and oxygen atoms in total. The smallest absolute Gasteiger partial charge is 0.322 e. The van der Waals surface area contributed by atoms with Gasteiger partial charge in [0.1, 0.15) is 11.8 Å². The van der Waals surface area contributed by atoms with Crippen molar-refractivity contribution < 1.29 is 14.3 Å². The van der Waals surface area contributed by atoms with Crippen LogP contribution >= 0.6 is 0 Å². The normalized spacial score (nSPS) is 23.4. The van der Waals surface area contributed by atoms with Crippen LogP contribution in [0, 0.1) is 0 Å². The van der Waals surface area contributed by atoms with Gasteiger partial charge in [-0.25, -0.2) is 0 Å². The SMILES string of the molecule is COC(=O)[C@@H]1CC[C@@H](c2ccc(OC)cc2)CN1. The number of esters is 1. The maximum atomic E-state index is 11.4. The van der Waals surface area contributed by atoms with Crippen LogP contribution in [0.1, 0.15) is 24.3 Å². The summed E-state index contributed by atoms with van der Waals surface area (Å²) in [5.41, 5.74) is 1.28. The van der Waals surface area contributed by atoms with E-state index in [1.807, 2.05) is 12.1 Å². The number of benzene rings is 1. The van der Waals surface area contributed by atoms with Gasteiger partial charge in [-0.05, 0) is 36.5 Å². The first-order valence-electron chi connectivity index (χ1n) is 6.19. The molecule has 0 aromatic heterocycles. The Morgan fingerprint density at radius 2 is 1.94 bits per heavy atom. The number of piperidine rings is 1. The van der Waals surface area contributed by atoms with Crippen molar-refractivity contribution >= 4 is 5.97 Å². The van der Waals surface area contributed by atoms with Gasteiger partial charge in [-0.3, -0.25) is 4.79 Å². The van der Waals surface area contributed by atoms with Crippen LogP contribution < -0.4 is 10.1 Å². The van der Waals surface area contributed by atoms with Gasteiger partial charge in [-0.1, -0.05) is 12.1 Å². The number of hydrogen-bond acceptors (Lipinski definition) is 4. The van der Waals surface area contributed by atoms with E-state index in [2.05, 4.69) is 17.4 Å². The van der Waals surface area contributed by atoms with Gasteiger partial charge in [0.05, 0.1) is 14.2 Å². The molecule has 0 saturated carbocycles. The fraction of sp³-hybridized carbons (Fsp3) is 0.500. The highest BCUT2D eigenvalue weighted by molar-refractivity contribution is 5.75. The van der Waals surface area contributed by atoms with Gasteiger partial charge in [-0.2, -0.15) is 0 Å². The molecule has 1 N–H and O–H groups in total. The summed E-state index contributed by atoms with van der Waals surface area (Å²) in [6.07, 6.45) is 1.82. The van der Waals surface area contributed by atoms with Crippen LogP contribution in [0.2, 0.25) is 0 Å². The van der Waals surface area contributed by atoms with Crippen LogP contribution in [0.5, 0.6) is 5.75 Å². The molecule has 2 rings (SSSR count). The van der Waals surface area contributed by atoms with Gasteiger partial charge < -0.3 is 14.8 Å². The Morgan fingerprint density at radius 1 is 1.22 bits per heavy atom. The zero-order valence-electron chi connectivity index (χ0n) is 10.8. The van der Waals surface area contributed by atoms with Gasteiger partial charge in [0, 0.05) is 6.54 Å². The Kier molecular flexibility index (Phi) is 4.20. The maximum absolute atomic E-state index is 11.4. The minimum Gasteiger partial charge on any atom is -0.497 e. The van der Waals surface area contributed by atoms with Crippen LogP contribution in [0.4, 0.5) is 0 Å². The van der Waals surface area contributed by atoms with Crippen molar-refractivity contribution in [3.63, 3.8) is 0 Å². The standard InChI is InChI=1S/C14H19NO3/c1-17-12-6-3-10(4-7-12)11-5-8-13(15-9-11)14(16)18-2/h3-4,6-7,11,13,15H,5,8-9H2,1-2H3/t11-,13+/m1/s1. The zero-order chi connectivity index (χ0) is 13.0. The molecule has 4 heteroatoms. The predicted octanol–water partition coefficient (Wildman–Crippen LogP) is 1.70. The third-order valence-corrected chi connectivity index (χ3v) is 3.49. The number of carbonyl (C=O) groups excluding carboxylic acids is 1. The van der Waals surface area contributed by atoms with Gasteiger partial charge >= 0.3 is 5.97 Å². The quantitative estimate of drug-likeness (QED) is 0.828. The molecule has 1 aliphatic rings. The third-order valence-electron chi connectivity index (χ3n) is 3.49. The minimum atomic E-state index is -0.164. The minimum absolute atomic E-state index is 0.149. The molecule has 0 amide bonds. The van der Waals surface area contributed by atoms with Crippen LogP contribution in [-0.2, 0) is 9.53 Å². The van der Waals surface area contributed by atoms with Crippen molar-refractivity contribution in [2.24, 2.45) is 0 Å². The molecule has 1 saturated heterocycles. The van der Waals surface area contributed by atoms with Gasteiger partial charge in [0.15, 0.2) is 0 Å². The van der Waals surface area contributed by atoms with Crippen molar-refractivity contribution in [3.05, 3.63) is 29.8 Å². The average molecular weight is 249 g/mol. The highest BCUT2D eigenvalue weighted by Gasteiger charge is 2.26. The number of hydrogen-bond donors (Lipinski definition) is 1. The molecule has 0 radical (unpaired) electrons. The first-order chi connectivity index (χ1) is 8.74. The molecular weight excluding hydrogens is 230 g/mol. The summed E-state index contributed by atoms with van der Waals surface area (Å²) in [6.45, 7) is 0.812. The molecule has 18 heavy (non-hydrogen) atoms. The van der Waals surface area contributed by atoms with Gasteiger partial charge in [0.2, 0.25) is 0 Å². The van der Waals surface area contributed by atoms with Gasteiger partial charge in [-0.15, -0.1) is 0 Å². The summed E-state index contributed by atoms with van der Waals surface area (Å²) >= 11 is 0. The summed E-state index contributed by atoms with van der Waals surface area (Å²) in [7, 11) is 3.09. The van der Waals surface area contributed by atoms with E-state index in [1.165, 1.54) is 12.7 Å². The molecule has 1 fully saturated rings. The third kappa shape index (κ3) is 2.82. The molecule has 1 aromatic rings. The van der Waals surface area contributed by atoms with Crippen molar-refractivity contribution in [2.45, 2.75) is 24.8 Å². The molecule has 1 heterocycles. The Hall–Kier alpha value is -1.55. The Labute approximate surface area is 107 Å². The topological polar surface area (TPSA) is 47.6 Å². The molecule has 1 aromatic carbocycles. The van der Waals surface area contributed by atoms with Gasteiger partial charge in [0.25, 0.3) is 0 Å². The lowest BCUT2D eigenvalue weighted by Gasteiger charge is -2.28. The van der Waals surface area contributed by atoms with Crippen molar-refractivity contribution in [1.29, 1.82) is 0 Å². The number of nitrogens with one attached hydrogen (secondary N) is 1. The second-order valence-electron chi connectivity index (χ2n) is 4.53. The second kappa shape index (κ2) is 5.87. The Balaban J connectivity index is 1.94. The highest BCUT2D eigenvalue weighted by atomic mass is 16.5.